The number of hydrogen-bond donors (Lipinski definition) is 2. The summed E-state index contributed by atoms with van der Waals surface area (Å²) < 4.78 is 9.52. The quantitative estimate of drug-likeness (QED) is 0.209. The summed E-state index contributed by atoms with van der Waals surface area (Å²) in [4.78, 5) is 48.4. The normalized spacial score (nSPS) is 14.7. The van der Waals surface area contributed by atoms with Crippen molar-refractivity contribution >= 4 is 27.7 Å². The number of aryl methyl sites for hydroxylation is 1. The maximum absolute atomic E-state index is 14.2. The number of aliphatic hydroxyl groups excluding tert-OH is 1. The summed E-state index contributed by atoms with van der Waals surface area (Å²) in [6.45, 7) is 6.06. The summed E-state index contributed by atoms with van der Waals surface area (Å²) in [6, 6.07) is 25.3. The van der Waals surface area contributed by atoms with Crippen molar-refractivity contribution in [3.63, 3.8) is 0 Å². The lowest BCUT2D eigenvalue weighted by Gasteiger charge is -2.34. The molecule has 0 spiro atoms. The van der Waals surface area contributed by atoms with Crippen LogP contribution in [0.2, 0.25) is 0 Å². The average molecular weight is 711 g/mol. The summed E-state index contributed by atoms with van der Waals surface area (Å²) >= 11 is 3.50. The Labute approximate surface area is 286 Å². The summed E-state index contributed by atoms with van der Waals surface area (Å²) in [5, 5.41) is 12.7. The van der Waals surface area contributed by atoms with Gasteiger partial charge in [0.15, 0.2) is 0 Å². The Bertz CT molecular complexity index is 2020. The van der Waals surface area contributed by atoms with E-state index in [2.05, 4.69) is 26.2 Å². The molecule has 5 aromatic rings. The SMILES string of the molecule is Cc1cc(C(=O)N2Cc3c(C(=O)NCc4ccccc4-c4ccccn4)n(-c4ccc(OC[C@@H](C)O)cc4)c(=O)n3C[C@H]2C)ccc1Br. The van der Waals surface area contributed by atoms with E-state index in [9.17, 15) is 19.5 Å². The average Bonchev–Trinajstić information content (AvgIpc) is 3.38. The number of ether oxygens (including phenoxy) is 1. The molecule has 0 fully saturated rings. The molecule has 2 N–H and O–H groups in total. The van der Waals surface area contributed by atoms with Crippen LogP contribution in [0.25, 0.3) is 16.9 Å². The highest BCUT2D eigenvalue weighted by atomic mass is 79.9. The van der Waals surface area contributed by atoms with E-state index in [-0.39, 0.29) is 49.6 Å². The van der Waals surface area contributed by atoms with Crippen molar-refractivity contribution in [1.82, 2.24) is 24.3 Å². The molecule has 0 saturated carbocycles. The summed E-state index contributed by atoms with van der Waals surface area (Å²) in [6.07, 6.45) is 1.08. The van der Waals surface area contributed by atoms with E-state index in [1.165, 1.54) is 4.57 Å². The maximum atomic E-state index is 14.2. The largest absolute Gasteiger partial charge is 0.491 e. The van der Waals surface area contributed by atoms with Gasteiger partial charge < -0.3 is 20.1 Å². The monoisotopic (exact) mass is 709 g/mol. The van der Waals surface area contributed by atoms with Crippen LogP contribution in [0.1, 0.15) is 51.5 Å². The molecule has 2 atom stereocenters. The second-order valence-electron chi connectivity index (χ2n) is 12.0. The first-order chi connectivity index (χ1) is 23.1. The fourth-order valence-electron chi connectivity index (χ4n) is 5.92. The fraction of sp³-hybridized carbons (Fsp3) is 0.243. The van der Waals surface area contributed by atoms with Crippen LogP contribution in [0.5, 0.6) is 5.75 Å². The zero-order valence-electron chi connectivity index (χ0n) is 26.9. The molecule has 48 heavy (non-hydrogen) atoms. The molecule has 1 aliphatic rings. The molecule has 3 heterocycles. The number of pyridine rings is 1. The van der Waals surface area contributed by atoms with Crippen molar-refractivity contribution in [1.29, 1.82) is 0 Å². The third kappa shape index (κ3) is 6.69. The predicted octanol–water partition coefficient (Wildman–Crippen LogP) is 5.51. The molecule has 2 amide bonds. The minimum atomic E-state index is -0.641. The highest BCUT2D eigenvalue weighted by molar-refractivity contribution is 9.10. The number of aliphatic hydroxyl groups is 1. The van der Waals surface area contributed by atoms with Crippen LogP contribution >= 0.6 is 15.9 Å². The number of rotatable bonds is 9. The van der Waals surface area contributed by atoms with Crippen molar-refractivity contribution in [2.24, 2.45) is 0 Å². The molecule has 10 nitrogen and oxygen atoms in total. The van der Waals surface area contributed by atoms with E-state index < -0.39 is 12.0 Å². The standard InChI is InChI=1S/C37H36BrN5O5/c1-23-18-26(11-16-31(23)38)36(46)41-21-33-34(35(45)40-19-27-8-4-5-9-30(27)32-10-6-7-17-39-32)43(37(47)42(33)20-24(41)2)28-12-14-29(15-13-28)48-22-25(3)44/h4-18,24-25,44H,19-22H2,1-3H3,(H,40,45)/t24-,25-/m1/s1. The second kappa shape index (κ2) is 14.0. The Balaban J connectivity index is 1.38. The first-order valence-corrected chi connectivity index (χ1v) is 16.5. The number of nitrogens with one attached hydrogen (secondary N) is 1. The van der Waals surface area contributed by atoms with E-state index in [1.807, 2.05) is 68.4 Å². The number of imidazole rings is 1. The minimum absolute atomic E-state index is 0.0697. The van der Waals surface area contributed by atoms with Crippen molar-refractivity contribution < 1.29 is 19.4 Å². The van der Waals surface area contributed by atoms with Gasteiger partial charge >= 0.3 is 5.69 Å². The lowest BCUT2D eigenvalue weighted by Crippen LogP contribution is -2.47. The Kier molecular flexibility index (Phi) is 9.61. The van der Waals surface area contributed by atoms with Crippen molar-refractivity contribution in [3.8, 4) is 22.7 Å². The molecule has 246 valence electrons. The molecule has 0 aliphatic carbocycles. The zero-order valence-corrected chi connectivity index (χ0v) is 28.5. The number of hydrogen-bond acceptors (Lipinski definition) is 6. The van der Waals surface area contributed by atoms with Gasteiger partial charge in [-0.2, -0.15) is 0 Å². The van der Waals surface area contributed by atoms with Gasteiger partial charge in [0.1, 0.15) is 18.1 Å². The second-order valence-corrected chi connectivity index (χ2v) is 12.8. The Morgan fingerprint density at radius 1 is 1.06 bits per heavy atom. The maximum Gasteiger partial charge on any atom is 0.333 e. The van der Waals surface area contributed by atoms with Crippen molar-refractivity contribution in [2.75, 3.05) is 6.61 Å². The van der Waals surface area contributed by atoms with Crippen LogP contribution in [0.3, 0.4) is 0 Å². The van der Waals surface area contributed by atoms with Crippen LogP contribution < -0.4 is 15.7 Å². The zero-order chi connectivity index (χ0) is 33.9. The molecule has 0 radical (unpaired) electrons. The van der Waals surface area contributed by atoms with Gasteiger partial charge in [-0.1, -0.05) is 46.3 Å². The number of fused-ring (bicyclic) bond motifs is 1. The van der Waals surface area contributed by atoms with Gasteiger partial charge in [-0.25, -0.2) is 4.79 Å². The highest BCUT2D eigenvalue weighted by Gasteiger charge is 2.35. The first-order valence-electron chi connectivity index (χ1n) is 15.7. The van der Waals surface area contributed by atoms with Gasteiger partial charge in [0, 0.05) is 40.9 Å². The van der Waals surface area contributed by atoms with Gasteiger partial charge in [-0.3, -0.25) is 23.7 Å². The number of benzene rings is 3. The third-order valence-electron chi connectivity index (χ3n) is 8.41. The van der Waals surface area contributed by atoms with Crippen LogP contribution in [-0.4, -0.2) is 54.7 Å². The molecule has 2 aromatic heterocycles. The van der Waals surface area contributed by atoms with Gasteiger partial charge in [0.2, 0.25) is 0 Å². The topological polar surface area (TPSA) is 119 Å². The highest BCUT2D eigenvalue weighted by Crippen LogP contribution is 2.27. The molecule has 0 bridgehead atoms. The van der Waals surface area contributed by atoms with Gasteiger partial charge in [0.05, 0.1) is 29.7 Å². The number of amides is 2. The summed E-state index contributed by atoms with van der Waals surface area (Å²) in [5.41, 5.74) is 4.70. The number of nitrogens with zero attached hydrogens (tertiary/aromatic N) is 4. The molecule has 1 aliphatic heterocycles. The summed E-state index contributed by atoms with van der Waals surface area (Å²) in [5.74, 6) is -0.115. The lowest BCUT2D eigenvalue weighted by atomic mass is 10.0. The number of carbonyl (C=O) groups is 2. The molecule has 0 unspecified atom stereocenters. The molecule has 0 saturated heterocycles. The first kappa shape index (κ1) is 32.9. The van der Waals surface area contributed by atoms with Crippen LogP contribution in [0, 0.1) is 6.92 Å². The van der Waals surface area contributed by atoms with E-state index in [0.717, 1.165) is 26.9 Å². The lowest BCUT2D eigenvalue weighted by molar-refractivity contribution is 0.0610. The molecule has 3 aromatic carbocycles. The van der Waals surface area contributed by atoms with E-state index in [4.69, 9.17) is 4.74 Å². The summed E-state index contributed by atoms with van der Waals surface area (Å²) in [7, 11) is 0. The van der Waals surface area contributed by atoms with Crippen molar-refractivity contribution in [2.45, 2.75) is 52.6 Å². The smallest absolute Gasteiger partial charge is 0.333 e. The van der Waals surface area contributed by atoms with Gasteiger partial charge in [0.25, 0.3) is 11.8 Å². The fourth-order valence-corrected chi connectivity index (χ4v) is 6.17. The predicted molar refractivity (Wildman–Crippen MR) is 186 cm³/mol. The van der Waals surface area contributed by atoms with Crippen molar-refractivity contribution in [3.05, 3.63) is 134 Å². The Morgan fingerprint density at radius 3 is 2.52 bits per heavy atom. The molecule has 6 rings (SSSR count). The number of halogens is 1. The van der Waals surface area contributed by atoms with E-state index >= 15 is 0 Å². The Morgan fingerprint density at radius 2 is 1.81 bits per heavy atom. The van der Waals surface area contributed by atoms with Gasteiger partial charge in [-0.05, 0) is 86.5 Å². The third-order valence-corrected chi connectivity index (χ3v) is 9.30. The van der Waals surface area contributed by atoms with Crippen LogP contribution in [0.4, 0.5) is 0 Å². The molecular weight excluding hydrogens is 674 g/mol. The van der Waals surface area contributed by atoms with E-state index in [1.54, 1.807) is 52.9 Å². The molecule has 11 heteroatoms. The van der Waals surface area contributed by atoms with Crippen LogP contribution in [0.15, 0.2) is 100 Å². The van der Waals surface area contributed by atoms with Crippen LogP contribution in [-0.2, 0) is 19.6 Å². The molecular formula is C37H36BrN5O5. The number of aromatic nitrogens is 3. The van der Waals surface area contributed by atoms with E-state index in [0.29, 0.717) is 22.7 Å². The Hall–Kier alpha value is -5.00. The number of carbonyl (C=O) groups excluding carboxylic acids is 2. The van der Waals surface area contributed by atoms with Gasteiger partial charge in [-0.15, -0.1) is 0 Å². The minimum Gasteiger partial charge on any atom is -0.491 e.